The zero-order chi connectivity index (χ0) is 14.7. The van der Waals surface area contributed by atoms with E-state index in [2.05, 4.69) is 5.32 Å². The molecule has 0 atom stereocenters. The van der Waals surface area contributed by atoms with Gasteiger partial charge in [0.05, 0.1) is 0 Å². The molecule has 18 heavy (non-hydrogen) atoms. The third kappa shape index (κ3) is 13.6. The van der Waals surface area contributed by atoms with Gasteiger partial charge in [-0.2, -0.15) is 21.6 Å². The van der Waals surface area contributed by atoms with Crippen molar-refractivity contribution in [2.24, 2.45) is 5.73 Å². The second kappa shape index (κ2) is 10.5. The number of halogens is 3. The fraction of sp³-hybridized carbons (Fsp3) is 1.00. The van der Waals surface area contributed by atoms with Crippen LogP contribution in [-0.2, 0) is 10.1 Å². The number of alkyl halides is 3. The van der Waals surface area contributed by atoms with Gasteiger partial charge < -0.3 is 16.2 Å². The summed E-state index contributed by atoms with van der Waals surface area (Å²) in [4.78, 5) is 0. The van der Waals surface area contributed by atoms with Gasteiger partial charge in [-0.05, 0) is 38.9 Å². The maximum absolute atomic E-state index is 10.7. The van der Waals surface area contributed by atoms with Gasteiger partial charge in [-0.25, -0.2) is 0 Å². The molecule has 0 aromatic heterocycles. The topological polar surface area (TPSA) is 113 Å². The van der Waals surface area contributed by atoms with Crippen LogP contribution in [0.4, 0.5) is 13.2 Å². The van der Waals surface area contributed by atoms with Crippen LogP contribution >= 0.6 is 0 Å². The molecule has 0 rings (SSSR count). The van der Waals surface area contributed by atoms with Crippen molar-refractivity contribution in [1.29, 1.82) is 0 Å². The summed E-state index contributed by atoms with van der Waals surface area (Å²) in [6, 6.07) is 0. The molecule has 0 saturated heterocycles. The van der Waals surface area contributed by atoms with Gasteiger partial charge in [0, 0.05) is 6.61 Å². The summed E-state index contributed by atoms with van der Waals surface area (Å²) < 4.78 is 57.5. The van der Waals surface area contributed by atoms with Crippen LogP contribution in [0.25, 0.3) is 0 Å². The van der Waals surface area contributed by atoms with Gasteiger partial charge in [-0.1, -0.05) is 0 Å². The van der Waals surface area contributed by atoms with E-state index in [-0.39, 0.29) is 6.61 Å². The fourth-order valence-electron chi connectivity index (χ4n) is 0.723. The van der Waals surface area contributed by atoms with E-state index in [1.54, 1.807) is 0 Å². The Hall–Kier alpha value is -0.420. The van der Waals surface area contributed by atoms with Crippen LogP contribution in [0.2, 0.25) is 0 Å². The van der Waals surface area contributed by atoms with Crippen molar-refractivity contribution in [3.63, 3.8) is 0 Å². The highest BCUT2D eigenvalue weighted by Gasteiger charge is 2.44. The van der Waals surface area contributed by atoms with E-state index < -0.39 is 15.6 Å². The van der Waals surface area contributed by atoms with E-state index in [4.69, 9.17) is 23.8 Å². The van der Waals surface area contributed by atoms with E-state index in [0.717, 1.165) is 38.9 Å². The van der Waals surface area contributed by atoms with Crippen molar-refractivity contribution >= 4 is 10.1 Å². The molecule has 0 aliphatic heterocycles. The number of nitrogens with two attached hydrogens (primary N) is 1. The summed E-state index contributed by atoms with van der Waals surface area (Å²) >= 11 is 0. The molecule has 0 aliphatic carbocycles. The largest absolute Gasteiger partial charge is 0.522 e. The van der Waals surface area contributed by atoms with E-state index in [9.17, 15) is 13.2 Å². The number of hydrogen-bond acceptors (Lipinski definition) is 5. The molecule has 0 unspecified atom stereocenters. The third-order valence-corrected chi connectivity index (χ3v) is 2.20. The van der Waals surface area contributed by atoms with Gasteiger partial charge in [0.1, 0.15) is 0 Å². The predicted octanol–water partition coefficient (Wildman–Crippen LogP) is 0.0913. The van der Waals surface area contributed by atoms with E-state index in [0.29, 0.717) is 0 Å². The SMILES string of the molecule is NCCCCNCCCO.O=S(=O)(O)C(F)(F)F. The Labute approximate surface area is 104 Å². The standard InChI is InChI=1S/C7H18N2O.CHF3O3S/c8-4-1-2-5-9-6-3-7-10;2-1(3,4)8(5,6)7/h9-10H,1-8H2;(H,5,6,7). The number of hydrogen-bond donors (Lipinski definition) is 4. The van der Waals surface area contributed by atoms with Crippen LogP contribution in [0.5, 0.6) is 0 Å². The summed E-state index contributed by atoms with van der Waals surface area (Å²) in [5, 5.41) is 11.6. The molecule has 0 heterocycles. The zero-order valence-corrected chi connectivity index (χ0v) is 10.6. The van der Waals surface area contributed by atoms with E-state index >= 15 is 0 Å². The molecule has 0 aromatic rings. The highest BCUT2D eigenvalue weighted by atomic mass is 32.2. The van der Waals surface area contributed by atoms with Gasteiger partial charge in [0.15, 0.2) is 0 Å². The van der Waals surface area contributed by atoms with Crippen LogP contribution in [0.15, 0.2) is 0 Å². The quantitative estimate of drug-likeness (QED) is 0.301. The molecule has 0 radical (unpaired) electrons. The molecule has 0 aromatic carbocycles. The predicted molar refractivity (Wildman–Crippen MR) is 60.5 cm³/mol. The molecule has 0 amide bonds. The van der Waals surface area contributed by atoms with Crippen LogP contribution in [-0.4, -0.2) is 49.8 Å². The molecule has 0 saturated carbocycles. The molecule has 0 fully saturated rings. The highest BCUT2D eigenvalue weighted by Crippen LogP contribution is 2.20. The second-order valence-corrected chi connectivity index (χ2v) is 4.66. The summed E-state index contributed by atoms with van der Waals surface area (Å²) in [5.74, 6) is 0. The lowest BCUT2D eigenvalue weighted by atomic mass is 10.3. The Bertz CT molecular complexity index is 275. The van der Waals surface area contributed by atoms with Gasteiger partial charge in [0.25, 0.3) is 0 Å². The van der Waals surface area contributed by atoms with Crippen LogP contribution in [0, 0.1) is 0 Å². The minimum atomic E-state index is -5.84. The Morgan fingerprint density at radius 1 is 1.11 bits per heavy atom. The van der Waals surface area contributed by atoms with Crippen LogP contribution < -0.4 is 11.1 Å². The summed E-state index contributed by atoms with van der Waals surface area (Å²) in [7, 11) is -5.84. The number of nitrogens with one attached hydrogen (secondary N) is 1. The normalized spacial score (nSPS) is 11.9. The lowest BCUT2D eigenvalue weighted by molar-refractivity contribution is -0.0510. The van der Waals surface area contributed by atoms with Crippen molar-refractivity contribution in [1.82, 2.24) is 5.32 Å². The smallest absolute Gasteiger partial charge is 0.396 e. The number of unbranched alkanes of at least 4 members (excludes halogenated alkanes) is 1. The summed E-state index contributed by atoms with van der Waals surface area (Å²) in [5.41, 5.74) is -0.233. The summed E-state index contributed by atoms with van der Waals surface area (Å²) in [6.45, 7) is 3.00. The van der Waals surface area contributed by atoms with Crippen LogP contribution in [0.1, 0.15) is 19.3 Å². The second-order valence-electron chi connectivity index (χ2n) is 3.24. The molecular formula is C8H19F3N2O4S. The van der Waals surface area contributed by atoms with Gasteiger partial charge in [-0.3, -0.25) is 4.55 Å². The third-order valence-electron chi connectivity index (χ3n) is 1.61. The first-order valence-corrected chi connectivity index (χ1v) is 6.66. The minimum absolute atomic E-state index is 0.282. The molecule has 6 nitrogen and oxygen atoms in total. The Balaban J connectivity index is 0. The van der Waals surface area contributed by atoms with Crippen molar-refractivity contribution in [2.75, 3.05) is 26.2 Å². The molecule has 5 N–H and O–H groups in total. The van der Waals surface area contributed by atoms with Crippen molar-refractivity contribution in [3.8, 4) is 0 Å². The van der Waals surface area contributed by atoms with Gasteiger partial charge >= 0.3 is 15.6 Å². The monoisotopic (exact) mass is 296 g/mol. The average Bonchev–Trinajstić information content (AvgIpc) is 2.21. The molecular weight excluding hydrogens is 277 g/mol. The Kier molecular flexibility index (Phi) is 11.6. The molecule has 0 bridgehead atoms. The molecule has 10 heteroatoms. The fourth-order valence-corrected chi connectivity index (χ4v) is 0.723. The van der Waals surface area contributed by atoms with E-state index in [1.807, 2.05) is 0 Å². The minimum Gasteiger partial charge on any atom is -0.396 e. The lowest BCUT2D eigenvalue weighted by Crippen LogP contribution is -2.21. The number of aliphatic hydroxyl groups excluding tert-OH is 1. The first-order valence-electron chi connectivity index (χ1n) is 5.22. The van der Waals surface area contributed by atoms with Crippen molar-refractivity contribution < 1.29 is 31.2 Å². The average molecular weight is 296 g/mol. The Morgan fingerprint density at radius 3 is 1.89 bits per heavy atom. The maximum Gasteiger partial charge on any atom is 0.522 e. The lowest BCUT2D eigenvalue weighted by Gasteiger charge is -2.00. The van der Waals surface area contributed by atoms with Crippen LogP contribution in [0.3, 0.4) is 0 Å². The molecule has 0 aliphatic rings. The zero-order valence-electron chi connectivity index (χ0n) is 9.78. The van der Waals surface area contributed by atoms with Gasteiger partial charge in [0.2, 0.25) is 0 Å². The number of rotatable bonds is 7. The van der Waals surface area contributed by atoms with Crippen molar-refractivity contribution in [3.05, 3.63) is 0 Å². The summed E-state index contributed by atoms with van der Waals surface area (Å²) in [6.07, 6.45) is 3.08. The highest BCUT2D eigenvalue weighted by molar-refractivity contribution is 7.86. The molecule has 0 spiro atoms. The maximum atomic E-state index is 10.7. The number of aliphatic hydroxyl groups is 1. The Morgan fingerprint density at radius 2 is 1.56 bits per heavy atom. The van der Waals surface area contributed by atoms with E-state index in [1.165, 1.54) is 0 Å². The first kappa shape index (κ1) is 19.9. The van der Waals surface area contributed by atoms with Gasteiger partial charge in [-0.15, -0.1) is 0 Å². The molecule has 112 valence electrons. The van der Waals surface area contributed by atoms with Crippen molar-refractivity contribution in [2.45, 2.75) is 24.8 Å². The first-order chi connectivity index (χ1) is 8.16.